The highest BCUT2D eigenvalue weighted by molar-refractivity contribution is 9.10. The summed E-state index contributed by atoms with van der Waals surface area (Å²) in [7, 11) is 0. The average Bonchev–Trinajstić information content (AvgIpc) is 2.48. The lowest BCUT2D eigenvalue weighted by Gasteiger charge is -2.12. The molecule has 1 atom stereocenters. The van der Waals surface area contributed by atoms with Crippen LogP contribution in [0.2, 0.25) is 0 Å². The monoisotopic (exact) mass is 335 g/mol. The number of rotatable bonds is 6. The Morgan fingerprint density at radius 2 is 1.75 bits per heavy atom. The van der Waals surface area contributed by atoms with E-state index in [4.69, 9.17) is 5.11 Å². The Labute approximate surface area is 127 Å². The van der Waals surface area contributed by atoms with Crippen molar-refractivity contribution in [2.24, 2.45) is 0 Å². The quantitative estimate of drug-likeness (QED) is 0.760. The van der Waals surface area contributed by atoms with Crippen LogP contribution in [0.3, 0.4) is 0 Å². The first kappa shape index (κ1) is 15.2. The van der Waals surface area contributed by atoms with Gasteiger partial charge in [-0.05, 0) is 28.8 Å². The Morgan fingerprint density at radius 1 is 1.05 bits per heavy atom. The van der Waals surface area contributed by atoms with E-state index in [0.29, 0.717) is 13.1 Å². The molecule has 106 valence electrons. The second-order valence-electron chi connectivity index (χ2n) is 4.68. The molecule has 0 fully saturated rings. The fourth-order valence-electron chi connectivity index (χ4n) is 1.95. The summed E-state index contributed by atoms with van der Waals surface area (Å²) in [6, 6.07) is 15.4. The number of aliphatic hydroxyl groups is 2. The van der Waals surface area contributed by atoms with Crippen molar-refractivity contribution in [3.8, 4) is 0 Å². The zero-order valence-electron chi connectivity index (χ0n) is 11.1. The fraction of sp³-hybridized carbons (Fsp3) is 0.250. The topological polar surface area (TPSA) is 52.5 Å². The van der Waals surface area contributed by atoms with Crippen LogP contribution in [-0.4, -0.2) is 16.8 Å². The molecule has 4 heteroatoms. The number of halogens is 1. The van der Waals surface area contributed by atoms with Crippen molar-refractivity contribution in [3.05, 3.63) is 69.7 Å². The molecular weight excluding hydrogens is 318 g/mol. The van der Waals surface area contributed by atoms with Crippen LogP contribution >= 0.6 is 15.9 Å². The highest BCUT2D eigenvalue weighted by atomic mass is 79.9. The Morgan fingerprint density at radius 3 is 2.40 bits per heavy atom. The van der Waals surface area contributed by atoms with E-state index in [2.05, 4.69) is 21.2 Å². The van der Waals surface area contributed by atoms with Gasteiger partial charge in [0.25, 0.3) is 0 Å². The van der Waals surface area contributed by atoms with Crippen molar-refractivity contribution >= 4 is 15.9 Å². The van der Waals surface area contributed by atoms with Crippen LogP contribution in [0.4, 0.5) is 0 Å². The Balaban J connectivity index is 1.82. The number of hydrogen-bond donors (Lipinski definition) is 3. The molecule has 0 aliphatic heterocycles. The van der Waals surface area contributed by atoms with Gasteiger partial charge in [0.15, 0.2) is 0 Å². The highest BCUT2D eigenvalue weighted by Gasteiger charge is 2.07. The molecule has 2 aromatic carbocycles. The Bertz CT molecular complexity index is 542. The third-order valence-corrected chi connectivity index (χ3v) is 3.60. The number of nitrogens with one attached hydrogen (secondary N) is 1. The molecule has 1 unspecified atom stereocenters. The molecule has 3 N–H and O–H groups in total. The number of aliphatic hydroxyl groups excluding tert-OH is 2. The van der Waals surface area contributed by atoms with Crippen LogP contribution in [0.15, 0.2) is 53.0 Å². The molecule has 2 aromatic rings. The van der Waals surface area contributed by atoms with Gasteiger partial charge in [0.2, 0.25) is 0 Å². The molecule has 0 aromatic heterocycles. The minimum atomic E-state index is -0.524. The molecule has 20 heavy (non-hydrogen) atoms. The van der Waals surface area contributed by atoms with E-state index in [-0.39, 0.29) is 6.61 Å². The maximum absolute atomic E-state index is 10.1. The normalized spacial score (nSPS) is 12.3. The van der Waals surface area contributed by atoms with Crippen LogP contribution in [0.1, 0.15) is 22.8 Å². The maximum atomic E-state index is 10.1. The average molecular weight is 336 g/mol. The molecule has 2 rings (SSSR count). The van der Waals surface area contributed by atoms with Gasteiger partial charge in [-0.1, -0.05) is 52.3 Å². The second-order valence-corrected chi connectivity index (χ2v) is 5.59. The molecule has 0 bridgehead atoms. The minimum Gasteiger partial charge on any atom is -0.392 e. The molecular formula is C16H18BrNO2. The summed E-state index contributed by atoms with van der Waals surface area (Å²) in [6.45, 7) is 1.25. The van der Waals surface area contributed by atoms with Gasteiger partial charge in [-0.2, -0.15) is 0 Å². The van der Waals surface area contributed by atoms with E-state index in [0.717, 1.165) is 21.2 Å². The SMILES string of the molecule is OCc1ccc(CNCC(O)c2cccc(Br)c2)cc1. The number of benzene rings is 2. The lowest BCUT2D eigenvalue weighted by Crippen LogP contribution is -2.21. The third kappa shape index (κ3) is 4.42. The van der Waals surface area contributed by atoms with E-state index >= 15 is 0 Å². The van der Waals surface area contributed by atoms with Crippen LogP contribution in [-0.2, 0) is 13.2 Å². The predicted molar refractivity (Wildman–Crippen MR) is 83.2 cm³/mol. The Kier molecular flexibility index (Phi) is 5.73. The van der Waals surface area contributed by atoms with E-state index in [1.165, 1.54) is 0 Å². The summed E-state index contributed by atoms with van der Waals surface area (Å²) in [5.41, 5.74) is 2.93. The van der Waals surface area contributed by atoms with Crippen molar-refractivity contribution in [2.75, 3.05) is 6.54 Å². The molecule has 3 nitrogen and oxygen atoms in total. The van der Waals surface area contributed by atoms with Gasteiger partial charge < -0.3 is 15.5 Å². The van der Waals surface area contributed by atoms with Crippen molar-refractivity contribution in [2.45, 2.75) is 19.3 Å². The van der Waals surface area contributed by atoms with Gasteiger partial charge in [0.1, 0.15) is 0 Å². The highest BCUT2D eigenvalue weighted by Crippen LogP contribution is 2.17. The van der Waals surface area contributed by atoms with Crippen LogP contribution in [0.5, 0.6) is 0 Å². The van der Waals surface area contributed by atoms with Crippen molar-refractivity contribution < 1.29 is 10.2 Å². The first-order valence-corrected chi connectivity index (χ1v) is 7.31. The molecule has 0 spiro atoms. The molecule has 0 heterocycles. The van der Waals surface area contributed by atoms with Gasteiger partial charge in [-0.25, -0.2) is 0 Å². The summed E-state index contributed by atoms with van der Waals surface area (Å²) in [6.07, 6.45) is -0.524. The van der Waals surface area contributed by atoms with Gasteiger partial charge in [0, 0.05) is 17.6 Å². The molecule has 0 aliphatic carbocycles. The molecule has 0 amide bonds. The van der Waals surface area contributed by atoms with E-state index in [1.807, 2.05) is 48.5 Å². The van der Waals surface area contributed by atoms with Crippen molar-refractivity contribution in [3.63, 3.8) is 0 Å². The van der Waals surface area contributed by atoms with Gasteiger partial charge >= 0.3 is 0 Å². The van der Waals surface area contributed by atoms with Gasteiger partial charge in [0.05, 0.1) is 12.7 Å². The molecule has 0 radical (unpaired) electrons. The van der Waals surface area contributed by atoms with E-state index in [9.17, 15) is 5.11 Å². The minimum absolute atomic E-state index is 0.0648. The smallest absolute Gasteiger partial charge is 0.0914 e. The summed E-state index contributed by atoms with van der Waals surface area (Å²) in [4.78, 5) is 0. The summed E-state index contributed by atoms with van der Waals surface area (Å²) >= 11 is 3.40. The largest absolute Gasteiger partial charge is 0.392 e. The Hall–Kier alpha value is -1.20. The first-order valence-electron chi connectivity index (χ1n) is 6.52. The second kappa shape index (κ2) is 7.55. The molecule has 0 aliphatic rings. The van der Waals surface area contributed by atoms with Crippen LogP contribution < -0.4 is 5.32 Å². The van der Waals surface area contributed by atoms with Gasteiger partial charge in [-0.15, -0.1) is 0 Å². The molecule has 0 saturated carbocycles. The summed E-state index contributed by atoms with van der Waals surface area (Å²) in [5.74, 6) is 0. The lowest BCUT2D eigenvalue weighted by atomic mass is 10.1. The summed E-state index contributed by atoms with van der Waals surface area (Å²) < 4.78 is 0.966. The van der Waals surface area contributed by atoms with E-state index < -0.39 is 6.10 Å². The van der Waals surface area contributed by atoms with Crippen molar-refractivity contribution in [1.29, 1.82) is 0 Å². The standard InChI is InChI=1S/C16H18BrNO2/c17-15-3-1-2-14(8-15)16(20)10-18-9-12-4-6-13(11-19)7-5-12/h1-8,16,18-20H,9-11H2. The molecule has 0 saturated heterocycles. The predicted octanol–water partition coefficient (Wildman–Crippen LogP) is 2.76. The maximum Gasteiger partial charge on any atom is 0.0914 e. The van der Waals surface area contributed by atoms with E-state index in [1.54, 1.807) is 0 Å². The van der Waals surface area contributed by atoms with Crippen molar-refractivity contribution in [1.82, 2.24) is 5.32 Å². The summed E-state index contributed by atoms with van der Waals surface area (Å²) in [5, 5.41) is 22.3. The van der Waals surface area contributed by atoms with Gasteiger partial charge in [-0.3, -0.25) is 0 Å². The fourth-order valence-corrected chi connectivity index (χ4v) is 2.36. The number of hydrogen-bond acceptors (Lipinski definition) is 3. The van der Waals surface area contributed by atoms with Crippen LogP contribution in [0.25, 0.3) is 0 Å². The lowest BCUT2D eigenvalue weighted by molar-refractivity contribution is 0.174. The first-order chi connectivity index (χ1) is 9.69. The van der Waals surface area contributed by atoms with Crippen LogP contribution in [0, 0.1) is 0 Å². The third-order valence-electron chi connectivity index (χ3n) is 3.11. The zero-order valence-corrected chi connectivity index (χ0v) is 12.7. The zero-order chi connectivity index (χ0) is 14.4.